The summed E-state index contributed by atoms with van der Waals surface area (Å²) in [4.78, 5) is 2.36. The number of rotatable bonds is 2. The third-order valence-corrected chi connectivity index (χ3v) is 3.96. The fourth-order valence-electron chi connectivity index (χ4n) is 2.65. The first-order valence-electron chi connectivity index (χ1n) is 6.54. The largest absolute Gasteiger partial charge is 0.508 e. The molecule has 2 aromatic carbocycles. The van der Waals surface area contributed by atoms with Crippen LogP contribution in [0.15, 0.2) is 42.5 Å². The van der Waals surface area contributed by atoms with E-state index in [9.17, 15) is 5.11 Å². The van der Waals surface area contributed by atoms with Crippen LogP contribution in [-0.2, 0) is 13.0 Å². The van der Waals surface area contributed by atoms with Crippen molar-refractivity contribution in [2.45, 2.75) is 19.4 Å². The Morgan fingerprint density at radius 1 is 1.16 bits per heavy atom. The van der Waals surface area contributed by atoms with Crippen LogP contribution in [0.4, 0.5) is 5.69 Å². The van der Waals surface area contributed by atoms with Crippen LogP contribution in [0.25, 0.3) is 0 Å². The maximum atomic E-state index is 9.40. The molecule has 0 aliphatic carbocycles. The van der Waals surface area contributed by atoms with Crippen molar-refractivity contribution < 1.29 is 5.11 Å². The molecule has 0 fully saturated rings. The van der Waals surface area contributed by atoms with Gasteiger partial charge in [0.25, 0.3) is 0 Å². The fourth-order valence-corrected chi connectivity index (χ4v) is 2.88. The molecule has 98 valence electrons. The number of aromatic hydroxyl groups is 1. The second-order valence-corrected chi connectivity index (χ2v) is 5.34. The van der Waals surface area contributed by atoms with Gasteiger partial charge in [-0.15, -0.1) is 0 Å². The number of hydrogen-bond donors (Lipinski definition) is 1. The van der Waals surface area contributed by atoms with E-state index < -0.39 is 0 Å². The lowest BCUT2D eigenvalue weighted by atomic mass is 10.0. The Balaban J connectivity index is 1.88. The SMILES string of the molecule is Oc1ccc(CN2CCCc3ccccc32)c(Cl)c1. The quantitative estimate of drug-likeness (QED) is 0.894. The van der Waals surface area contributed by atoms with Crippen molar-refractivity contribution in [2.75, 3.05) is 11.4 Å². The number of halogens is 1. The van der Waals surface area contributed by atoms with Crippen molar-refractivity contribution in [3.05, 3.63) is 58.6 Å². The number of benzene rings is 2. The number of nitrogens with zero attached hydrogens (tertiary/aromatic N) is 1. The molecule has 1 heterocycles. The van der Waals surface area contributed by atoms with Gasteiger partial charge in [0.05, 0.1) is 0 Å². The van der Waals surface area contributed by atoms with E-state index in [0.717, 1.165) is 25.1 Å². The lowest BCUT2D eigenvalue weighted by molar-refractivity contribution is 0.475. The third kappa shape index (κ3) is 2.54. The van der Waals surface area contributed by atoms with Crippen molar-refractivity contribution in [3.63, 3.8) is 0 Å². The summed E-state index contributed by atoms with van der Waals surface area (Å²) in [5, 5.41) is 10.0. The Hall–Kier alpha value is -1.67. The molecule has 0 aromatic heterocycles. The predicted octanol–water partition coefficient (Wildman–Crippen LogP) is 4.00. The molecule has 0 atom stereocenters. The van der Waals surface area contributed by atoms with Crippen LogP contribution in [0.1, 0.15) is 17.5 Å². The molecule has 2 aromatic rings. The summed E-state index contributed by atoms with van der Waals surface area (Å²) in [7, 11) is 0. The average Bonchev–Trinajstić information content (AvgIpc) is 2.42. The highest BCUT2D eigenvalue weighted by Gasteiger charge is 2.17. The van der Waals surface area contributed by atoms with E-state index in [0.29, 0.717) is 5.02 Å². The molecule has 3 heteroatoms. The van der Waals surface area contributed by atoms with Gasteiger partial charge in [0.1, 0.15) is 5.75 Å². The van der Waals surface area contributed by atoms with Crippen molar-refractivity contribution in [1.82, 2.24) is 0 Å². The van der Waals surface area contributed by atoms with Crippen LogP contribution in [-0.4, -0.2) is 11.7 Å². The van der Waals surface area contributed by atoms with E-state index in [-0.39, 0.29) is 5.75 Å². The highest BCUT2D eigenvalue weighted by atomic mass is 35.5. The molecule has 1 aliphatic heterocycles. The molecule has 1 N–H and O–H groups in total. The maximum Gasteiger partial charge on any atom is 0.117 e. The summed E-state index contributed by atoms with van der Waals surface area (Å²) in [6.45, 7) is 1.84. The average molecular weight is 274 g/mol. The standard InChI is InChI=1S/C16H16ClNO/c17-15-10-14(19)8-7-13(15)11-18-9-3-5-12-4-1-2-6-16(12)18/h1-2,4,6-8,10,19H,3,5,9,11H2. The van der Waals surface area contributed by atoms with Crippen LogP contribution in [0, 0.1) is 0 Å². The van der Waals surface area contributed by atoms with Gasteiger partial charge in [-0.3, -0.25) is 0 Å². The molecule has 19 heavy (non-hydrogen) atoms. The first kappa shape index (κ1) is 12.4. The Labute approximate surface area is 118 Å². The molecule has 0 bridgehead atoms. The number of hydrogen-bond acceptors (Lipinski definition) is 2. The first-order chi connectivity index (χ1) is 9.24. The number of anilines is 1. The molecule has 0 spiro atoms. The van der Waals surface area contributed by atoms with Gasteiger partial charge in [-0.2, -0.15) is 0 Å². The Morgan fingerprint density at radius 3 is 2.84 bits per heavy atom. The monoisotopic (exact) mass is 273 g/mol. The zero-order valence-corrected chi connectivity index (χ0v) is 11.4. The summed E-state index contributed by atoms with van der Waals surface area (Å²) >= 11 is 6.19. The minimum atomic E-state index is 0.216. The number of para-hydroxylation sites is 1. The van der Waals surface area contributed by atoms with Gasteiger partial charge in [-0.05, 0) is 42.2 Å². The lowest BCUT2D eigenvalue weighted by Crippen LogP contribution is -2.28. The Kier molecular flexibility index (Phi) is 3.34. The van der Waals surface area contributed by atoms with E-state index in [1.165, 1.54) is 17.7 Å². The zero-order valence-electron chi connectivity index (χ0n) is 10.6. The van der Waals surface area contributed by atoms with Gasteiger partial charge >= 0.3 is 0 Å². The normalized spacial score (nSPS) is 14.3. The minimum absolute atomic E-state index is 0.216. The number of fused-ring (bicyclic) bond motifs is 1. The highest BCUT2D eigenvalue weighted by molar-refractivity contribution is 6.31. The van der Waals surface area contributed by atoms with Crippen LogP contribution in [0.3, 0.4) is 0 Å². The second kappa shape index (κ2) is 5.14. The summed E-state index contributed by atoms with van der Waals surface area (Å²) in [6, 6.07) is 13.7. The van der Waals surface area contributed by atoms with E-state index in [1.54, 1.807) is 12.1 Å². The van der Waals surface area contributed by atoms with E-state index >= 15 is 0 Å². The molecule has 0 unspecified atom stereocenters. The lowest BCUT2D eigenvalue weighted by Gasteiger charge is -2.31. The van der Waals surface area contributed by atoms with Crippen molar-refractivity contribution in [3.8, 4) is 5.75 Å². The molecular formula is C16H16ClNO. The molecule has 2 nitrogen and oxygen atoms in total. The maximum absolute atomic E-state index is 9.40. The predicted molar refractivity (Wildman–Crippen MR) is 78.9 cm³/mol. The number of phenolic OH excluding ortho intramolecular Hbond substituents is 1. The van der Waals surface area contributed by atoms with Gasteiger partial charge in [0.15, 0.2) is 0 Å². The van der Waals surface area contributed by atoms with Crippen LogP contribution in [0.5, 0.6) is 5.75 Å². The molecule has 0 saturated heterocycles. The van der Waals surface area contributed by atoms with Crippen molar-refractivity contribution in [2.24, 2.45) is 0 Å². The number of phenols is 1. The molecule has 0 saturated carbocycles. The summed E-state index contributed by atoms with van der Waals surface area (Å²) in [6.07, 6.45) is 2.32. The summed E-state index contributed by atoms with van der Waals surface area (Å²) < 4.78 is 0. The number of aryl methyl sites for hydroxylation is 1. The van der Waals surface area contributed by atoms with Gasteiger partial charge in [0.2, 0.25) is 0 Å². The molecule has 0 amide bonds. The first-order valence-corrected chi connectivity index (χ1v) is 6.92. The van der Waals surface area contributed by atoms with Gasteiger partial charge in [0, 0.05) is 23.8 Å². The van der Waals surface area contributed by atoms with E-state index in [4.69, 9.17) is 11.6 Å². The second-order valence-electron chi connectivity index (χ2n) is 4.93. The van der Waals surface area contributed by atoms with Crippen LogP contribution < -0.4 is 4.90 Å². The zero-order chi connectivity index (χ0) is 13.2. The van der Waals surface area contributed by atoms with Crippen molar-refractivity contribution in [1.29, 1.82) is 0 Å². The van der Waals surface area contributed by atoms with Crippen LogP contribution >= 0.6 is 11.6 Å². The van der Waals surface area contributed by atoms with E-state index in [2.05, 4.69) is 29.2 Å². The van der Waals surface area contributed by atoms with Crippen molar-refractivity contribution >= 4 is 17.3 Å². The Bertz CT molecular complexity index is 597. The Morgan fingerprint density at radius 2 is 2.00 bits per heavy atom. The highest BCUT2D eigenvalue weighted by Crippen LogP contribution is 2.30. The van der Waals surface area contributed by atoms with Gasteiger partial charge in [-0.25, -0.2) is 0 Å². The molecule has 0 radical (unpaired) electrons. The van der Waals surface area contributed by atoms with Gasteiger partial charge < -0.3 is 10.0 Å². The van der Waals surface area contributed by atoms with E-state index in [1.807, 2.05) is 6.07 Å². The summed E-state index contributed by atoms with van der Waals surface area (Å²) in [5.41, 5.74) is 3.76. The summed E-state index contributed by atoms with van der Waals surface area (Å²) in [5.74, 6) is 0.216. The molecular weight excluding hydrogens is 258 g/mol. The van der Waals surface area contributed by atoms with Gasteiger partial charge in [-0.1, -0.05) is 35.9 Å². The molecule has 3 rings (SSSR count). The van der Waals surface area contributed by atoms with Crippen LogP contribution in [0.2, 0.25) is 5.02 Å². The smallest absolute Gasteiger partial charge is 0.117 e. The topological polar surface area (TPSA) is 23.5 Å². The third-order valence-electron chi connectivity index (χ3n) is 3.60. The minimum Gasteiger partial charge on any atom is -0.508 e. The molecule has 1 aliphatic rings. The fraction of sp³-hybridized carbons (Fsp3) is 0.250.